The first-order valence-corrected chi connectivity index (χ1v) is 10.9. The Morgan fingerprint density at radius 3 is 2.34 bits per heavy atom. The quantitative estimate of drug-likeness (QED) is 0.760. The number of carboxylic acid groups (broad SMARTS) is 1. The molecule has 6 heteroatoms. The lowest BCUT2D eigenvalue weighted by Crippen LogP contribution is -2.45. The van der Waals surface area contributed by atoms with Gasteiger partial charge in [0.15, 0.2) is 0 Å². The van der Waals surface area contributed by atoms with Crippen LogP contribution in [0.15, 0.2) is 24.3 Å². The number of rotatable bonds is 7. The zero-order valence-electron chi connectivity index (χ0n) is 17.8. The molecule has 0 spiro atoms. The molecule has 1 aromatic rings. The van der Waals surface area contributed by atoms with Gasteiger partial charge < -0.3 is 19.8 Å². The molecule has 2 aliphatic rings. The summed E-state index contributed by atoms with van der Waals surface area (Å²) >= 11 is 0. The van der Waals surface area contributed by atoms with E-state index < -0.39 is 5.97 Å². The topological polar surface area (TPSA) is 64.1 Å². The van der Waals surface area contributed by atoms with Crippen LogP contribution in [-0.4, -0.2) is 73.6 Å². The summed E-state index contributed by atoms with van der Waals surface area (Å²) < 4.78 is 0. The summed E-state index contributed by atoms with van der Waals surface area (Å²) in [7, 11) is 3.97. The second kappa shape index (κ2) is 10.1. The van der Waals surface area contributed by atoms with E-state index in [1.807, 2.05) is 48.2 Å². The molecule has 2 heterocycles. The fraction of sp³-hybridized carbons (Fsp3) is 0.652. The summed E-state index contributed by atoms with van der Waals surface area (Å²) in [6.07, 6.45) is 5.80. The molecule has 2 saturated heterocycles. The third-order valence-electron chi connectivity index (χ3n) is 6.51. The predicted molar refractivity (Wildman–Crippen MR) is 115 cm³/mol. The molecule has 0 radical (unpaired) electrons. The molecule has 0 saturated carbocycles. The summed E-state index contributed by atoms with van der Waals surface area (Å²) in [6.45, 7) is 4.63. The van der Waals surface area contributed by atoms with Gasteiger partial charge in [-0.05, 0) is 81.4 Å². The van der Waals surface area contributed by atoms with Crippen LogP contribution in [0.1, 0.15) is 48.9 Å². The van der Waals surface area contributed by atoms with Gasteiger partial charge in [-0.25, -0.2) is 0 Å². The van der Waals surface area contributed by atoms with Crippen LogP contribution >= 0.6 is 0 Å². The molecule has 1 aromatic carbocycles. The third-order valence-corrected chi connectivity index (χ3v) is 6.51. The number of benzene rings is 1. The zero-order valence-corrected chi connectivity index (χ0v) is 17.8. The first-order chi connectivity index (χ1) is 13.9. The highest BCUT2D eigenvalue weighted by Gasteiger charge is 2.33. The lowest BCUT2D eigenvalue weighted by atomic mass is 9.80. The van der Waals surface area contributed by atoms with Crippen LogP contribution in [0.5, 0.6) is 0 Å². The lowest BCUT2D eigenvalue weighted by molar-refractivity contribution is -0.139. The highest BCUT2D eigenvalue weighted by Crippen LogP contribution is 2.30. The molecule has 2 unspecified atom stereocenters. The summed E-state index contributed by atoms with van der Waals surface area (Å²) in [5.74, 6) is -0.242. The van der Waals surface area contributed by atoms with E-state index in [0.29, 0.717) is 18.7 Å². The molecule has 1 N–H and O–H groups in total. The summed E-state index contributed by atoms with van der Waals surface area (Å²) in [4.78, 5) is 30.8. The molecule has 29 heavy (non-hydrogen) atoms. The van der Waals surface area contributed by atoms with E-state index in [9.17, 15) is 14.7 Å². The fourth-order valence-corrected chi connectivity index (χ4v) is 4.70. The number of hydrogen-bond donors (Lipinski definition) is 1. The molecule has 160 valence electrons. The fourth-order valence-electron chi connectivity index (χ4n) is 4.70. The molecule has 1 amide bonds. The molecule has 6 nitrogen and oxygen atoms in total. The van der Waals surface area contributed by atoms with Crippen LogP contribution < -0.4 is 4.90 Å². The molecule has 0 aromatic heterocycles. The van der Waals surface area contributed by atoms with E-state index in [1.54, 1.807) is 0 Å². The Labute approximate surface area is 174 Å². The number of carbonyl (C=O) groups is 2. The number of aliphatic carboxylic acids is 1. The van der Waals surface area contributed by atoms with Crippen LogP contribution in [-0.2, 0) is 4.79 Å². The number of amides is 1. The van der Waals surface area contributed by atoms with Gasteiger partial charge in [-0.1, -0.05) is 6.42 Å². The molecule has 0 bridgehead atoms. The van der Waals surface area contributed by atoms with Crippen molar-refractivity contribution >= 4 is 17.6 Å². The Kier molecular flexibility index (Phi) is 7.53. The van der Waals surface area contributed by atoms with Crippen molar-refractivity contribution in [1.29, 1.82) is 0 Å². The van der Waals surface area contributed by atoms with Crippen molar-refractivity contribution in [2.45, 2.75) is 38.5 Å². The van der Waals surface area contributed by atoms with Gasteiger partial charge in [0, 0.05) is 44.9 Å². The van der Waals surface area contributed by atoms with Crippen molar-refractivity contribution in [2.24, 2.45) is 11.8 Å². The van der Waals surface area contributed by atoms with Gasteiger partial charge in [-0.15, -0.1) is 0 Å². The monoisotopic (exact) mass is 401 g/mol. The number of likely N-dealkylation sites (tertiary alicyclic amines) is 2. The second-order valence-corrected chi connectivity index (χ2v) is 8.79. The van der Waals surface area contributed by atoms with Crippen LogP contribution in [0, 0.1) is 11.8 Å². The van der Waals surface area contributed by atoms with Crippen LogP contribution in [0.3, 0.4) is 0 Å². The van der Waals surface area contributed by atoms with Crippen molar-refractivity contribution in [3.05, 3.63) is 29.8 Å². The zero-order chi connectivity index (χ0) is 20.8. The van der Waals surface area contributed by atoms with E-state index in [-0.39, 0.29) is 24.2 Å². The van der Waals surface area contributed by atoms with Gasteiger partial charge in [0.2, 0.25) is 0 Å². The summed E-state index contributed by atoms with van der Waals surface area (Å²) in [6, 6.07) is 7.73. The maximum Gasteiger partial charge on any atom is 0.303 e. The van der Waals surface area contributed by atoms with Crippen molar-refractivity contribution in [1.82, 2.24) is 9.80 Å². The summed E-state index contributed by atoms with van der Waals surface area (Å²) in [5, 5.41) is 9.33. The van der Waals surface area contributed by atoms with Crippen LogP contribution in [0.25, 0.3) is 0 Å². The van der Waals surface area contributed by atoms with E-state index in [2.05, 4.69) is 4.90 Å². The van der Waals surface area contributed by atoms with Gasteiger partial charge in [0.05, 0.1) is 0 Å². The van der Waals surface area contributed by atoms with Crippen LogP contribution in [0.2, 0.25) is 0 Å². The third kappa shape index (κ3) is 5.95. The second-order valence-electron chi connectivity index (χ2n) is 8.79. The Morgan fingerprint density at radius 2 is 1.72 bits per heavy atom. The van der Waals surface area contributed by atoms with Crippen LogP contribution in [0.4, 0.5) is 5.69 Å². The average molecular weight is 402 g/mol. The molecule has 2 fully saturated rings. The number of hydrogen-bond acceptors (Lipinski definition) is 4. The normalized spacial score (nSPS) is 23.0. The standard InChI is InChI=1S/C23H35N3O3/c1-24(2)21-8-6-18(7-9-21)23(29)26-15-11-19(16-22(27)28)20(17-26)10-14-25-12-4-3-5-13-25/h6-9,19-20H,3-5,10-17H2,1-2H3,(H,27,28). The number of carbonyl (C=O) groups excluding carboxylic acids is 1. The number of nitrogens with zero attached hydrogens (tertiary/aromatic N) is 3. The molecule has 0 aliphatic carbocycles. The van der Waals surface area contributed by atoms with Gasteiger partial charge in [-0.3, -0.25) is 9.59 Å². The average Bonchev–Trinajstić information content (AvgIpc) is 2.73. The van der Waals surface area contributed by atoms with Crippen molar-refractivity contribution in [3.8, 4) is 0 Å². The Bertz CT molecular complexity index is 683. The highest BCUT2D eigenvalue weighted by molar-refractivity contribution is 5.94. The largest absolute Gasteiger partial charge is 0.481 e. The molecule has 2 aliphatic heterocycles. The minimum absolute atomic E-state index is 0.0621. The number of piperidine rings is 2. The molecular weight excluding hydrogens is 366 g/mol. The highest BCUT2D eigenvalue weighted by atomic mass is 16.4. The van der Waals surface area contributed by atoms with Crippen molar-refractivity contribution in [2.75, 3.05) is 51.7 Å². The number of carboxylic acids is 1. The van der Waals surface area contributed by atoms with E-state index in [1.165, 1.54) is 19.3 Å². The van der Waals surface area contributed by atoms with Gasteiger partial charge in [0.1, 0.15) is 0 Å². The van der Waals surface area contributed by atoms with E-state index in [0.717, 1.165) is 38.2 Å². The Morgan fingerprint density at radius 1 is 1.03 bits per heavy atom. The Hall–Kier alpha value is -2.08. The Balaban J connectivity index is 1.63. The first-order valence-electron chi connectivity index (χ1n) is 10.9. The maximum absolute atomic E-state index is 13.0. The van der Waals surface area contributed by atoms with Gasteiger partial charge in [-0.2, -0.15) is 0 Å². The molecule has 3 rings (SSSR count). The minimum atomic E-state index is -0.725. The number of anilines is 1. The summed E-state index contributed by atoms with van der Waals surface area (Å²) in [5.41, 5.74) is 1.78. The van der Waals surface area contributed by atoms with E-state index in [4.69, 9.17) is 0 Å². The van der Waals surface area contributed by atoms with Crippen molar-refractivity contribution < 1.29 is 14.7 Å². The van der Waals surface area contributed by atoms with Gasteiger partial charge in [0.25, 0.3) is 5.91 Å². The predicted octanol–water partition coefficient (Wildman–Crippen LogP) is 3.18. The maximum atomic E-state index is 13.0. The smallest absolute Gasteiger partial charge is 0.303 e. The van der Waals surface area contributed by atoms with Crippen molar-refractivity contribution in [3.63, 3.8) is 0 Å². The molecule has 2 atom stereocenters. The molecular formula is C23H35N3O3. The van der Waals surface area contributed by atoms with E-state index >= 15 is 0 Å². The minimum Gasteiger partial charge on any atom is -0.481 e. The SMILES string of the molecule is CN(C)c1ccc(C(=O)N2CCC(CC(=O)O)C(CCN3CCCCC3)C2)cc1. The lowest BCUT2D eigenvalue weighted by Gasteiger charge is -2.39. The first kappa shape index (κ1) is 21.6. The van der Waals surface area contributed by atoms with Gasteiger partial charge >= 0.3 is 5.97 Å².